The minimum absolute atomic E-state index is 0.103. The highest BCUT2D eigenvalue weighted by Gasteiger charge is 2.24. The fraction of sp³-hybridized carbons (Fsp3) is 0.625. The Bertz CT molecular complexity index is 400. The first-order chi connectivity index (χ1) is 9.28. The minimum Gasteiger partial charge on any atom is -0.492 e. The van der Waals surface area contributed by atoms with Crippen molar-refractivity contribution in [2.24, 2.45) is 0 Å². The summed E-state index contributed by atoms with van der Waals surface area (Å²) >= 11 is 0. The third-order valence-electron chi connectivity index (χ3n) is 3.73. The lowest BCUT2D eigenvalue weighted by Gasteiger charge is -2.35. The van der Waals surface area contributed by atoms with E-state index in [4.69, 9.17) is 4.74 Å². The highest BCUT2D eigenvalue weighted by molar-refractivity contribution is 5.39. The Hall–Kier alpha value is -1.06. The number of ether oxygens (including phenoxy) is 1. The number of aliphatic hydroxyl groups is 1. The van der Waals surface area contributed by atoms with Gasteiger partial charge in [-0.05, 0) is 55.6 Å². The molecular weight excluding hydrogens is 238 g/mol. The summed E-state index contributed by atoms with van der Waals surface area (Å²) in [7, 11) is 0. The quantitative estimate of drug-likeness (QED) is 0.856. The molecular formula is C16H25NO2. The van der Waals surface area contributed by atoms with E-state index >= 15 is 0 Å². The third kappa shape index (κ3) is 3.48. The average Bonchev–Trinajstić information content (AvgIpc) is 2.46. The van der Waals surface area contributed by atoms with Gasteiger partial charge in [-0.15, -0.1) is 0 Å². The van der Waals surface area contributed by atoms with Gasteiger partial charge < -0.3 is 9.84 Å². The number of hydrogen-bond donors (Lipinski definition) is 1. The maximum absolute atomic E-state index is 9.23. The fourth-order valence-electron chi connectivity index (χ4n) is 2.82. The molecule has 0 spiro atoms. The number of nitrogens with zero attached hydrogens (tertiary/aromatic N) is 1. The summed E-state index contributed by atoms with van der Waals surface area (Å²) in [6, 6.07) is 6.48. The van der Waals surface area contributed by atoms with Gasteiger partial charge in [0, 0.05) is 6.04 Å². The van der Waals surface area contributed by atoms with Crippen LogP contribution in [-0.2, 0) is 13.0 Å². The number of aliphatic hydroxyl groups excluding tert-OH is 1. The third-order valence-corrected chi connectivity index (χ3v) is 3.73. The zero-order chi connectivity index (χ0) is 13.7. The Labute approximate surface area is 116 Å². The molecule has 1 atom stereocenters. The number of fused-ring (bicyclic) bond motifs is 1. The predicted octanol–water partition coefficient (Wildman–Crippen LogP) is 2.60. The molecule has 0 radical (unpaired) electrons. The Kier molecular flexibility index (Phi) is 5.23. The summed E-state index contributed by atoms with van der Waals surface area (Å²) in [6.07, 6.45) is 3.39. The van der Waals surface area contributed by atoms with E-state index in [1.807, 2.05) is 12.1 Å². The molecule has 0 aromatic heterocycles. The summed E-state index contributed by atoms with van der Waals surface area (Å²) in [5.74, 6) is 0.987. The maximum Gasteiger partial charge on any atom is 0.122 e. The standard InChI is InChI=1S/C16H25NO2/c1-3-7-17(8-4-2)15-10-14-9-13(11-18)5-6-16(14)19-12-15/h5-6,9,15,18H,3-4,7-8,10-12H2,1-2H3. The zero-order valence-corrected chi connectivity index (χ0v) is 12.1. The lowest BCUT2D eigenvalue weighted by molar-refractivity contribution is 0.119. The van der Waals surface area contributed by atoms with Gasteiger partial charge in [0.2, 0.25) is 0 Å². The number of hydrogen-bond acceptors (Lipinski definition) is 3. The van der Waals surface area contributed by atoms with Crippen molar-refractivity contribution in [3.63, 3.8) is 0 Å². The van der Waals surface area contributed by atoms with Gasteiger partial charge in [0.15, 0.2) is 0 Å². The summed E-state index contributed by atoms with van der Waals surface area (Å²) < 4.78 is 5.89. The van der Waals surface area contributed by atoms with E-state index in [1.165, 1.54) is 18.4 Å². The van der Waals surface area contributed by atoms with Crippen LogP contribution in [0.1, 0.15) is 37.8 Å². The van der Waals surface area contributed by atoms with Gasteiger partial charge in [-0.2, -0.15) is 0 Å². The Morgan fingerprint density at radius 3 is 2.63 bits per heavy atom. The first kappa shape index (κ1) is 14.4. The van der Waals surface area contributed by atoms with Crippen LogP contribution in [0.2, 0.25) is 0 Å². The second-order valence-electron chi connectivity index (χ2n) is 5.31. The second-order valence-corrected chi connectivity index (χ2v) is 5.31. The summed E-state index contributed by atoms with van der Waals surface area (Å²) in [6.45, 7) is 7.61. The Balaban J connectivity index is 2.10. The van der Waals surface area contributed by atoms with Crippen LogP contribution < -0.4 is 4.74 Å². The van der Waals surface area contributed by atoms with Crippen LogP contribution >= 0.6 is 0 Å². The smallest absolute Gasteiger partial charge is 0.122 e. The van der Waals surface area contributed by atoms with Crippen molar-refractivity contribution in [3.05, 3.63) is 29.3 Å². The second kappa shape index (κ2) is 6.92. The molecule has 0 saturated heterocycles. The highest BCUT2D eigenvalue weighted by atomic mass is 16.5. The fourth-order valence-corrected chi connectivity index (χ4v) is 2.82. The highest BCUT2D eigenvalue weighted by Crippen LogP contribution is 2.27. The lowest BCUT2D eigenvalue weighted by Crippen LogP contribution is -2.44. The summed E-state index contributed by atoms with van der Waals surface area (Å²) in [5.41, 5.74) is 2.21. The van der Waals surface area contributed by atoms with E-state index in [1.54, 1.807) is 0 Å². The van der Waals surface area contributed by atoms with E-state index in [0.717, 1.165) is 37.4 Å². The first-order valence-electron chi connectivity index (χ1n) is 7.38. The van der Waals surface area contributed by atoms with E-state index in [0.29, 0.717) is 6.04 Å². The van der Waals surface area contributed by atoms with E-state index in [2.05, 4.69) is 24.8 Å². The van der Waals surface area contributed by atoms with Crippen LogP contribution in [0.25, 0.3) is 0 Å². The van der Waals surface area contributed by atoms with E-state index < -0.39 is 0 Å². The molecule has 0 bridgehead atoms. The van der Waals surface area contributed by atoms with Crippen molar-refractivity contribution < 1.29 is 9.84 Å². The van der Waals surface area contributed by atoms with Gasteiger partial charge in [-0.1, -0.05) is 19.9 Å². The molecule has 0 amide bonds. The van der Waals surface area contributed by atoms with Gasteiger partial charge in [-0.3, -0.25) is 4.90 Å². The number of rotatable bonds is 6. The molecule has 3 heteroatoms. The van der Waals surface area contributed by atoms with E-state index in [9.17, 15) is 5.11 Å². The van der Waals surface area contributed by atoms with Crippen LogP contribution in [0.3, 0.4) is 0 Å². The van der Waals surface area contributed by atoms with Crippen molar-refractivity contribution in [1.82, 2.24) is 4.90 Å². The molecule has 0 fully saturated rings. The van der Waals surface area contributed by atoms with Crippen molar-refractivity contribution in [3.8, 4) is 5.75 Å². The first-order valence-corrected chi connectivity index (χ1v) is 7.38. The van der Waals surface area contributed by atoms with Crippen LogP contribution in [0.4, 0.5) is 0 Å². The van der Waals surface area contributed by atoms with Gasteiger partial charge in [0.25, 0.3) is 0 Å². The average molecular weight is 263 g/mol. The van der Waals surface area contributed by atoms with Crippen molar-refractivity contribution >= 4 is 0 Å². The van der Waals surface area contributed by atoms with Crippen LogP contribution in [0, 0.1) is 0 Å². The topological polar surface area (TPSA) is 32.7 Å². The van der Waals surface area contributed by atoms with Gasteiger partial charge in [-0.25, -0.2) is 0 Å². The molecule has 1 aliphatic heterocycles. The number of benzene rings is 1. The molecule has 1 aliphatic rings. The van der Waals surface area contributed by atoms with Gasteiger partial charge in [0.05, 0.1) is 6.61 Å². The molecule has 1 unspecified atom stereocenters. The van der Waals surface area contributed by atoms with Crippen LogP contribution in [-0.4, -0.2) is 35.7 Å². The molecule has 0 aliphatic carbocycles. The minimum atomic E-state index is 0.103. The molecule has 2 rings (SSSR count). The summed E-state index contributed by atoms with van der Waals surface area (Å²) in [5, 5.41) is 9.23. The van der Waals surface area contributed by atoms with Gasteiger partial charge in [0.1, 0.15) is 12.4 Å². The molecule has 3 nitrogen and oxygen atoms in total. The predicted molar refractivity (Wildman–Crippen MR) is 77.5 cm³/mol. The maximum atomic E-state index is 9.23. The molecule has 1 N–H and O–H groups in total. The largest absolute Gasteiger partial charge is 0.492 e. The summed E-state index contributed by atoms with van der Waals surface area (Å²) in [4.78, 5) is 2.54. The van der Waals surface area contributed by atoms with Crippen molar-refractivity contribution in [2.45, 2.75) is 45.8 Å². The van der Waals surface area contributed by atoms with Crippen LogP contribution in [0.15, 0.2) is 18.2 Å². The molecule has 106 valence electrons. The van der Waals surface area contributed by atoms with Gasteiger partial charge >= 0.3 is 0 Å². The molecule has 19 heavy (non-hydrogen) atoms. The molecule has 1 aromatic rings. The lowest BCUT2D eigenvalue weighted by atomic mass is 9.99. The Morgan fingerprint density at radius 1 is 1.26 bits per heavy atom. The normalized spacial score (nSPS) is 18.2. The van der Waals surface area contributed by atoms with Crippen LogP contribution in [0.5, 0.6) is 5.75 Å². The van der Waals surface area contributed by atoms with E-state index in [-0.39, 0.29) is 6.61 Å². The molecule has 1 heterocycles. The van der Waals surface area contributed by atoms with Crippen molar-refractivity contribution in [1.29, 1.82) is 0 Å². The molecule has 0 saturated carbocycles. The Morgan fingerprint density at radius 2 is 2.00 bits per heavy atom. The SMILES string of the molecule is CCCN(CCC)C1COc2ccc(CO)cc2C1. The molecule has 1 aromatic carbocycles. The van der Waals surface area contributed by atoms with Crippen molar-refractivity contribution in [2.75, 3.05) is 19.7 Å². The monoisotopic (exact) mass is 263 g/mol. The zero-order valence-electron chi connectivity index (χ0n) is 12.1.